The Kier molecular flexibility index (Phi) is 48.8. The third-order valence-electron chi connectivity index (χ3n) is 20.5. The van der Waals surface area contributed by atoms with Gasteiger partial charge >= 0.3 is 40.3 Å². The van der Waals surface area contributed by atoms with Crippen LogP contribution in [0.2, 0.25) is 0 Å². The van der Waals surface area contributed by atoms with Gasteiger partial charge in [-0.1, -0.05) is 526 Å². The average Bonchev–Trinajstić information content (AvgIpc) is 0.710. The van der Waals surface area contributed by atoms with Crippen LogP contribution in [-0.4, -0.2) is 171 Å². The predicted octanol–water partition coefficient (Wildman–Crippen LogP) is 22.7. The van der Waals surface area contributed by atoms with E-state index in [0.717, 1.165) is 10.8 Å². The molecule has 2 N–H and O–H groups in total. The average molecular weight is 1970 g/mol. The van der Waals surface area contributed by atoms with Crippen molar-refractivity contribution in [1.29, 1.82) is 0 Å². The Balaban J connectivity index is 0.000000171. The maximum atomic E-state index is 8.94. The van der Waals surface area contributed by atoms with E-state index in [1.54, 1.807) is 12.1 Å². The van der Waals surface area contributed by atoms with Crippen molar-refractivity contribution in [2.75, 3.05) is 0 Å². The van der Waals surface area contributed by atoms with Crippen LogP contribution in [0.15, 0.2) is 522 Å². The van der Waals surface area contributed by atoms with Gasteiger partial charge in [-0.15, -0.1) is 0 Å². The molecule has 20 aromatic rings. The van der Waals surface area contributed by atoms with E-state index in [-0.39, 0.29) is 154 Å². The van der Waals surface area contributed by atoms with E-state index in [4.69, 9.17) is 26.1 Å². The van der Waals surface area contributed by atoms with Crippen molar-refractivity contribution in [2.45, 2.75) is 20.8 Å². The van der Waals surface area contributed by atoms with Gasteiger partial charge in [-0.2, -0.15) is 0 Å². The van der Waals surface area contributed by atoms with E-state index in [9.17, 15) is 0 Å². The summed E-state index contributed by atoms with van der Waals surface area (Å²) in [6, 6.07) is 184. The molecule has 0 saturated heterocycles. The Hall–Kier alpha value is -7.78. The zero-order valence-corrected chi connectivity index (χ0v) is 89.9. The Labute approximate surface area is 914 Å². The van der Waals surface area contributed by atoms with E-state index < -0.39 is 65.0 Å². The zero-order chi connectivity index (χ0) is 89.1. The molecule has 0 aromatic heterocycles. The summed E-state index contributed by atoms with van der Waals surface area (Å²) in [6.45, 7) is 6.39. The van der Waals surface area contributed by atoms with Crippen LogP contribution < -0.4 is 69.1 Å². The number of fused-ring (bicyclic) bond motifs is 4. The van der Waals surface area contributed by atoms with E-state index in [1.165, 1.54) is 124 Å². The molecule has 635 valence electrons. The van der Waals surface area contributed by atoms with Crippen LogP contribution in [0, 0.1) is 20.8 Å². The second-order valence-corrected chi connectivity index (χ2v) is 38.8. The first-order valence-electron chi connectivity index (χ1n) is 41.9. The molecule has 0 bridgehead atoms. The summed E-state index contributed by atoms with van der Waals surface area (Å²) in [7, 11) is -4.59. The molecule has 0 spiro atoms. The second kappa shape index (κ2) is 59.9. The Bertz CT molecular complexity index is 5870. The molecule has 6 nitrogen and oxygen atoms in total. The Morgan fingerprint density at radius 1 is 0.198 bits per heavy atom. The minimum Gasteiger partial charge on any atom is -0.0622 e. The van der Waals surface area contributed by atoms with E-state index in [1.807, 2.05) is 30.3 Å². The zero-order valence-electron chi connectivity index (χ0n) is 74.4. The Morgan fingerprint density at radius 2 is 0.351 bits per heavy atom. The summed E-state index contributed by atoms with van der Waals surface area (Å²) in [6.07, 6.45) is 0. The summed E-state index contributed by atoms with van der Waals surface area (Å²) in [5.74, 6) is 0. The van der Waals surface area contributed by atoms with Crippen LogP contribution in [0.1, 0.15) is 16.7 Å². The number of hydrogen-bond donors (Lipinski definition) is 2. The minimum atomic E-state index is -1.55. The molecule has 0 unspecified atom stereocenters. The predicted molar refractivity (Wildman–Crippen MR) is 568 cm³/mol. The van der Waals surface area contributed by atoms with Gasteiger partial charge in [0.15, 0.2) is 0 Å². The van der Waals surface area contributed by atoms with Gasteiger partial charge in [0, 0.05) is 154 Å². The van der Waals surface area contributed by atoms with Crippen molar-refractivity contribution in [3.63, 3.8) is 0 Å². The molecule has 20 rings (SSSR count). The van der Waals surface area contributed by atoms with Crippen LogP contribution in [-0.2, 0) is 34.0 Å². The van der Waals surface area contributed by atoms with Crippen molar-refractivity contribution in [3.8, 4) is 11.1 Å². The van der Waals surface area contributed by atoms with Crippen LogP contribution >= 0.6 is 40.0 Å². The fourth-order valence-corrected chi connectivity index (χ4v) is 23.7. The SMILES string of the molecule is Cc1ccc2ccc(-c3ccc4ccccc4c3)cc2c1.Cc1ccc2ccc(C)cc2c1.O=[PH]=O.OB(O)c1ccc2ccccc2c1.[K].[K].[K].[O]=[Pd]=[O].c1ccc(P(c2ccccc2)c2ccccc2)cc1.c1ccc(P(c2ccccc2)c2ccccc2)cc1.c1ccc(P(c2ccccc2)c2ccccc2)cc1.c1ccc(P(c2ccccc2)c2ccccc2)cc1. The third kappa shape index (κ3) is 33.9. The first kappa shape index (κ1) is 107. The van der Waals surface area contributed by atoms with Crippen molar-refractivity contribution in [1.82, 2.24) is 0 Å². The van der Waals surface area contributed by atoms with Crippen LogP contribution in [0.4, 0.5) is 0 Å². The molecule has 0 aliphatic rings. The van der Waals surface area contributed by atoms with Crippen molar-refractivity contribution < 1.29 is 44.0 Å². The minimum absolute atomic E-state index is 0. The fraction of sp³-hybridized carbons (Fsp3) is 0.0261. The molecule has 3 radical (unpaired) electrons. The summed E-state index contributed by atoms with van der Waals surface area (Å²) in [4.78, 5) is 0. The molecule has 0 heterocycles. The van der Waals surface area contributed by atoms with Crippen LogP contribution in [0.25, 0.3) is 54.2 Å². The van der Waals surface area contributed by atoms with E-state index >= 15 is 0 Å². The summed E-state index contributed by atoms with van der Waals surface area (Å²) < 4.78 is 33.7. The quantitative estimate of drug-likeness (QED) is 0.0829. The van der Waals surface area contributed by atoms with Gasteiger partial charge in [-0.25, -0.2) is 9.13 Å². The molecule has 0 aliphatic heterocycles. The third-order valence-corrected chi connectivity index (χ3v) is 30.2. The van der Waals surface area contributed by atoms with Gasteiger partial charge in [0.05, 0.1) is 0 Å². The molecule has 131 heavy (non-hydrogen) atoms. The summed E-state index contributed by atoms with van der Waals surface area (Å²) in [5, 5.41) is 44.6. The molecular formula is C115H98BK3O6P5Pd. The molecular weight excluding hydrogens is 1870 g/mol. The van der Waals surface area contributed by atoms with Crippen LogP contribution in [0.3, 0.4) is 0 Å². The maximum absolute atomic E-state index is 8.94. The molecule has 0 atom stereocenters. The second-order valence-electron chi connectivity index (χ2n) is 29.5. The van der Waals surface area contributed by atoms with Gasteiger partial charge < -0.3 is 10.0 Å². The normalized spacial score (nSPS) is 10.1. The number of rotatable bonds is 14. The van der Waals surface area contributed by atoms with Crippen molar-refractivity contribution in [2.24, 2.45) is 0 Å². The molecule has 0 saturated carbocycles. The monoisotopic (exact) mass is 1960 g/mol. The fourth-order valence-electron chi connectivity index (χ4n) is 14.5. The van der Waals surface area contributed by atoms with Gasteiger partial charge in [0.25, 0.3) is 0 Å². The Morgan fingerprint density at radius 3 is 0.557 bits per heavy atom. The van der Waals surface area contributed by atoms with E-state index in [2.05, 4.69) is 500 Å². The van der Waals surface area contributed by atoms with Crippen LogP contribution in [0.5, 0.6) is 0 Å². The van der Waals surface area contributed by atoms with Crippen molar-refractivity contribution >= 4 is 314 Å². The first-order valence-corrected chi connectivity index (χ1v) is 49.4. The molecule has 20 aromatic carbocycles. The largest absolute Gasteiger partial charge is 0.0622 e. The molecule has 0 aliphatic carbocycles. The van der Waals surface area contributed by atoms with Gasteiger partial charge in [-0.05, 0) is 188 Å². The topological polar surface area (TPSA) is 109 Å². The molecule has 0 fully saturated rings. The van der Waals surface area contributed by atoms with Gasteiger partial charge in [0.2, 0.25) is 0 Å². The maximum Gasteiger partial charge on any atom is -0.0134 e. The number of hydrogen-bond acceptors (Lipinski definition) is 6. The summed E-state index contributed by atoms with van der Waals surface area (Å²) in [5.41, 5.74) is 7.04. The number of aryl methyl sites for hydroxylation is 3. The van der Waals surface area contributed by atoms with Gasteiger partial charge in [-0.3, -0.25) is 0 Å². The van der Waals surface area contributed by atoms with E-state index in [0.29, 0.717) is 5.46 Å². The van der Waals surface area contributed by atoms with Crippen molar-refractivity contribution in [3.05, 3.63) is 538 Å². The molecule has 0 amide bonds. The summed E-state index contributed by atoms with van der Waals surface area (Å²) >= 11 is -1.55. The molecule has 16 heteroatoms. The number of benzene rings is 20. The standard InChI is InChI=1S/C21H16.4C18H15P.C12H12.C10H9BO2.3K.HO2P.2O.Pd/c1-15-6-7-17-9-11-20(14-21(17)12-15)19-10-8-16-4-2-3-5-18(16)13-19;4*1-4-10-16(11-5-1)19(17-12-6-2-7-13-17)18-14-8-3-9-15-18;1-9-3-5-11-6-4-10(2)8-12(11)7-9;12-11(13)10-6-5-8-3-1-2-4-9(8)7-10;;;;1-3-2;;;/h2-14H,1H3;4*1-15H;3-8H,1-2H3;1-7,12-13H;;;;3H;;;. The first-order chi connectivity index (χ1) is 62.9. The van der Waals surface area contributed by atoms with Gasteiger partial charge in [0.1, 0.15) is 0 Å². The smallest absolute Gasteiger partial charge is 0.0134 e.